The lowest BCUT2D eigenvalue weighted by Crippen LogP contribution is -2.33. The maximum Gasteiger partial charge on any atom is 0.193 e. The number of hydrogen-bond acceptors (Lipinski definition) is 4. The van der Waals surface area contributed by atoms with Crippen LogP contribution < -0.4 is 10.2 Å². The van der Waals surface area contributed by atoms with Gasteiger partial charge >= 0.3 is 0 Å². The molecule has 0 saturated heterocycles. The molecule has 1 aromatic heterocycles. The first-order valence-electron chi connectivity index (χ1n) is 8.35. The number of benzene rings is 1. The normalized spacial score (nSPS) is 15.7. The van der Waals surface area contributed by atoms with Crippen LogP contribution in [0.25, 0.3) is 11.0 Å². The quantitative estimate of drug-likeness (QED) is 0.868. The summed E-state index contributed by atoms with van der Waals surface area (Å²) in [5, 5.41) is 9.94. The number of hydrogen-bond donors (Lipinski definition) is 1. The zero-order valence-corrected chi connectivity index (χ0v) is 14.7. The third-order valence-corrected chi connectivity index (χ3v) is 4.44. The topological polar surface area (TPSA) is 59.7 Å². The minimum absolute atomic E-state index is 0.119. The smallest absolute Gasteiger partial charge is 0.193 e. The minimum Gasteiger partial charge on any atom is -0.487 e. The van der Waals surface area contributed by atoms with Crippen molar-refractivity contribution in [2.75, 3.05) is 0 Å². The highest BCUT2D eigenvalue weighted by molar-refractivity contribution is 5.84. The monoisotopic (exact) mass is 328 g/mol. The highest BCUT2D eigenvalue weighted by Gasteiger charge is 2.30. The molecule has 1 aliphatic heterocycles. The molecule has 2 heterocycles. The zero-order chi connectivity index (χ0) is 17.5. The molecular weight excluding hydrogens is 304 g/mol. The molecule has 0 spiro atoms. The van der Waals surface area contributed by atoms with Gasteiger partial charge in [0.1, 0.15) is 29.3 Å². The Bertz CT molecular complexity index is 867. The number of ether oxygens (including phenoxy) is 1. The SMILES string of the molecule is CC(C)=CCc1c2c(cc3c(=O)cc(CO)oc13)CCC(C)(C)O2. The van der Waals surface area contributed by atoms with Crippen molar-refractivity contribution in [3.8, 4) is 5.75 Å². The summed E-state index contributed by atoms with van der Waals surface area (Å²) in [5.41, 5.74) is 3.31. The predicted molar refractivity (Wildman–Crippen MR) is 94.6 cm³/mol. The maximum atomic E-state index is 12.4. The van der Waals surface area contributed by atoms with Crippen molar-refractivity contribution in [1.29, 1.82) is 0 Å². The lowest BCUT2D eigenvalue weighted by atomic mass is 9.90. The van der Waals surface area contributed by atoms with E-state index in [1.807, 2.05) is 19.9 Å². The highest BCUT2D eigenvalue weighted by Crippen LogP contribution is 2.40. The Labute approximate surface area is 141 Å². The summed E-state index contributed by atoms with van der Waals surface area (Å²) in [6, 6.07) is 3.26. The average molecular weight is 328 g/mol. The third kappa shape index (κ3) is 3.11. The number of fused-ring (bicyclic) bond motifs is 2. The molecule has 0 radical (unpaired) electrons. The van der Waals surface area contributed by atoms with Gasteiger partial charge in [0.05, 0.1) is 5.39 Å². The molecule has 3 rings (SSSR count). The van der Waals surface area contributed by atoms with E-state index >= 15 is 0 Å². The Balaban J connectivity index is 2.32. The van der Waals surface area contributed by atoms with Gasteiger partial charge in [-0.05, 0) is 58.6 Å². The van der Waals surface area contributed by atoms with E-state index in [-0.39, 0.29) is 23.4 Å². The second kappa shape index (κ2) is 6.10. The van der Waals surface area contributed by atoms with Crippen LogP contribution in [0.2, 0.25) is 0 Å². The van der Waals surface area contributed by atoms with E-state index in [1.165, 1.54) is 11.6 Å². The van der Waals surface area contributed by atoms with E-state index in [2.05, 4.69) is 19.9 Å². The van der Waals surface area contributed by atoms with Gasteiger partial charge in [-0.25, -0.2) is 0 Å². The van der Waals surface area contributed by atoms with E-state index in [0.717, 1.165) is 29.7 Å². The zero-order valence-electron chi connectivity index (χ0n) is 14.7. The van der Waals surface area contributed by atoms with Gasteiger partial charge in [0.2, 0.25) is 0 Å². The molecule has 0 saturated carbocycles. The molecule has 1 aliphatic rings. The van der Waals surface area contributed by atoms with Gasteiger partial charge in [0.15, 0.2) is 5.43 Å². The number of aliphatic hydroxyl groups is 1. The van der Waals surface area contributed by atoms with Crippen molar-refractivity contribution in [3.63, 3.8) is 0 Å². The summed E-state index contributed by atoms with van der Waals surface area (Å²) in [4.78, 5) is 12.4. The fraction of sp³-hybridized carbons (Fsp3) is 0.450. The van der Waals surface area contributed by atoms with Crippen LogP contribution in [0, 0.1) is 0 Å². The average Bonchev–Trinajstić information content (AvgIpc) is 2.51. The molecule has 0 amide bonds. The summed E-state index contributed by atoms with van der Waals surface area (Å²) < 4.78 is 12.1. The van der Waals surface area contributed by atoms with E-state index in [4.69, 9.17) is 9.15 Å². The van der Waals surface area contributed by atoms with Crippen LogP contribution in [0.4, 0.5) is 0 Å². The van der Waals surface area contributed by atoms with Gasteiger partial charge in [0, 0.05) is 11.6 Å². The van der Waals surface area contributed by atoms with Crippen molar-refractivity contribution in [3.05, 3.63) is 50.9 Å². The van der Waals surface area contributed by atoms with Crippen LogP contribution in [0.15, 0.2) is 33.0 Å². The van der Waals surface area contributed by atoms with Crippen molar-refractivity contribution in [2.45, 2.75) is 59.2 Å². The van der Waals surface area contributed by atoms with Crippen LogP contribution in [-0.4, -0.2) is 10.7 Å². The Morgan fingerprint density at radius 3 is 2.75 bits per heavy atom. The van der Waals surface area contributed by atoms with Gasteiger partial charge in [-0.2, -0.15) is 0 Å². The number of aryl methyl sites for hydroxylation is 1. The Morgan fingerprint density at radius 1 is 1.33 bits per heavy atom. The lowest BCUT2D eigenvalue weighted by Gasteiger charge is -2.34. The molecule has 24 heavy (non-hydrogen) atoms. The van der Waals surface area contributed by atoms with Crippen LogP contribution in [0.3, 0.4) is 0 Å². The number of aliphatic hydroxyl groups excluding tert-OH is 1. The van der Waals surface area contributed by atoms with E-state index in [9.17, 15) is 9.90 Å². The molecule has 0 fully saturated rings. The van der Waals surface area contributed by atoms with Crippen LogP contribution in [0.5, 0.6) is 5.75 Å². The van der Waals surface area contributed by atoms with Crippen LogP contribution >= 0.6 is 0 Å². The Hall–Kier alpha value is -2.07. The fourth-order valence-corrected chi connectivity index (χ4v) is 3.09. The molecule has 1 aromatic carbocycles. The van der Waals surface area contributed by atoms with Crippen molar-refractivity contribution in [1.82, 2.24) is 0 Å². The highest BCUT2D eigenvalue weighted by atomic mass is 16.5. The molecule has 4 nitrogen and oxygen atoms in total. The molecule has 0 unspecified atom stereocenters. The van der Waals surface area contributed by atoms with Crippen LogP contribution in [-0.2, 0) is 19.4 Å². The molecule has 0 aliphatic carbocycles. The van der Waals surface area contributed by atoms with E-state index in [1.54, 1.807) is 0 Å². The van der Waals surface area contributed by atoms with Crippen molar-refractivity contribution >= 4 is 11.0 Å². The molecule has 0 atom stereocenters. The second-order valence-corrected chi connectivity index (χ2v) is 7.30. The third-order valence-electron chi connectivity index (χ3n) is 4.44. The summed E-state index contributed by atoms with van der Waals surface area (Å²) >= 11 is 0. The standard InChI is InChI=1S/C20H24O4/c1-12(2)5-6-15-18-13(7-8-20(3,4)24-18)9-16-17(22)10-14(11-21)23-19(15)16/h5,9-10,21H,6-8,11H2,1-4H3. The summed E-state index contributed by atoms with van der Waals surface area (Å²) in [6.07, 6.45) is 4.52. The molecule has 4 heteroatoms. The van der Waals surface area contributed by atoms with E-state index < -0.39 is 0 Å². The van der Waals surface area contributed by atoms with Crippen LogP contribution in [0.1, 0.15) is 51.0 Å². The van der Waals surface area contributed by atoms with Crippen molar-refractivity contribution in [2.24, 2.45) is 0 Å². The Morgan fingerprint density at radius 2 is 2.08 bits per heavy atom. The second-order valence-electron chi connectivity index (χ2n) is 7.30. The van der Waals surface area contributed by atoms with E-state index in [0.29, 0.717) is 17.4 Å². The first-order valence-corrected chi connectivity index (χ1v) is 8.35. The largest absolute Gasteiger partial charge is 0.487 e. The lowest BCUT2D eigenvalue weighted by molar-refractivity contribution is 0.0836. The fourth-order valence-electron chi connectivity index (χ4n) is 3.09. The first-order chi connectivity index (χ1) is 11.3. The van der Waals surface area contributed by atoms with Crippen molar-refractivity contribution < 1.29 is 14.3 Å². The molecule has 128 valence electrons. The number of allylic oxidation sites excluding steroid dienone is 2. The molecule has 2 aromatic rings. The summed E-state index contributed by atoms with van der Waals surface area (Å²) in [6.45, 7) is 7.93. The van der Waals surface area contributed by atoms with Gasteiger partial charge < -0.3 is 14.3 Å². The van der Waals surface area contributed by atoms with Gasteiger partial charge in [0.25, 0.3) is 0 Å². The maximum absolute atomic E-state index is 12.4. The summed E-state index contributed by atoms with van der Waals surface area (Å²) in [7, 11) is 0. The van der Waals surface area contributed by atoms with Gasteiger partial charge in [-0.3, -0.25) is 4.79 Å². The molecule has 0 bridgehead atoms. The summed E-state index contributed by atoms with van der Waals surface area (Å²) in [5.74, 6) is 1.11. The number of rotatable bonds is 3. The Kier molecular flexibility index (Phi) is 4.26. The first kappa shape index (κ1) is 16.8. The van der Waals surface area contributed by atoms with Gasteiger partial charge in [-0.1, -0.05) is 11.6 Å². The predicted octanol–water partition coefficient (Wildman–Crippen LogP) is 3.90. The van der Waals surface area contributed by atoms with Gasteiger partial charge in [-0.15, -0.1) is 0 Å². The molecular formula is C20H24O4. The molecule has 1 N–H and O–H groups in total. The minimum atomic E-state index is -0.295.